The Morgan fingerprint density at radius 3 is 2.55 bits per heavy atom. The number of aromatic amines is 1. The van der Waals surface area contributed by atoms with Gasteiger partial charge in [-0.25, -0.2) is 14.8 Å². The van der Waals surface area contributed by atoms with Crippen LogP contribution in [0.15, 0.2) is 30.5 Å². The van der Waals surface area contributed by atoms with Crippen LogP contribution in [0.5, 0.6) is 0 Å². The molecule has 11 heteroatoms. The van der Waals surface area contributed by atoms with E-state index in [4.69, 9.17) is 0 Å². The van der Waals surface area contributed by atoms with Crippen molar-refractivity contribution in [1.82, 2.24) is 25.1 Å². The third-order valence-corrected chi connectivity index (χ3v) is 5.45. The van der Waals surface area contributed by atoms with E-state index in [1.165, 1.54) is 13.2 Å². The first-order chi connectivity index (χ1) is 15.8. The van der Waals surface area contributed by atoms with E-state index < -0.39 is 6.09 Å². The molecule has 1 aliphatic rings. The molecule has 1 saturated heterocycles. The lowest BCUT2D eigenvalue weighted by molar-refractivity contribution is 0.0787. The molecule has 1 aliphatic heterocycles. The number of nitrogens with zero attached hydrogens (tertiary/aromatic N) is 5. The maximum atomic E-state index is 13.1. The largest absolute Gasteiger partial charge is 0.465 e. The molecule has 0 unspecified atom stereocenters. The number of likely N-dealkylation sites (tertiary alicyclic amines) is 1. The van der Waals surface area contributed by atoms with Gasteiger partial charge in [0.1, 0.15) is 0 Å². The summed E-state index contributed by atoms with van der Waals surface area (Å²) in [6.07, 6.45) is 2.35. The average molecular weight is 451 g/mol. The van der Waals surface area contributed by atoms with Gasteiger partial charge in [-0.15, -0.1) is 0 Å². The van der Waals surface area contributed by atoms with Crippen LogP contribution in [0, 0.1) is 13.8 Å². The lowest BCUT2D eigenvalue weighted by atomic mass is 10.1. The zero-order chi connectivity index (χ0) is 23.5. The number of carboxylic acid groups (broad SMARTS) is 1. The number of hydrogen-bond donors (Lipinski definition) is 4. The second kappa shape index (κ2) is 9.15. The van der Waals surface area contributed by atoms with Crippen LogP contribution in [0.25, 0.3) is 0 Å². The first-order valence-electron chi connectivity index (χ1n) is 10.6. The normalized spacial score (nSPS) is 13.1. The van der Waals surface area contributed by atoms with E-state index in [1.54, 1.807) is 23.1 Å². The number of benzene rings is 1. The summed E-state index contributed by atoms with van der Waals surface area (Å²) in [5.74, 6) is 1.07. The monoisotopic (exact) mass is 450 g/mol. The van der Waals surface area contributed by atoms with E-state index in [1.807, 2.05) is 19.9 Å². The number of nitrogens with one attached hydrogen (secondary N) is 3. The molecular formula is C22H26N8O3. The van der Waals surface area contributed by atoms with Crippen molar-refractivity contribution >= 4 is 40.8 Å². The lowest BCUT2D eigenvalue weighted by Gasteiger charge is -2.19. The van der Waals surface area contributed by atoms with E-state index >= 15 is 0 Å². The zero-order valence-electron chi connectivity index (χ0n) is 18.7. The fraction of sp³-hybridized carbons (Fsp3) is 0.318. The van der Waals surface area contributed by atoms with Crippen LogP contribution in [-0.4, -0.2) is 62.3 Å². The van der Waals surface area contributed by atoms with E-state index in [0.29, 0.717) is 36.1 Å². The SMILES string of the molecule is Cc1cc(Nc2cnc(C(=O)N3CCCC3)c(Nc3ccc(C)c(N(C)C(=O)O)c3)n2)n[nH]1. The van der Waals surface area contributed by atoms with Crippen LogP contribution in [0.3, 0.4) is 0 Å². The highest BCUT2D eigenvalue weighted by molar-refractivity contribution is 5.98. The minimum atomic E-state index is -1.07. The van der Waals surface area contributed by atoms with Gasteiger partial charge in [-0.05, 0) is 44.4 Å². The average Bonchev–Trinajstić information content (AvgIpc) is 3.46. The first-order valence-corrected chi connectivity index (χ1v) is 10.6. The molecule has 4 rings (SSSR count). The molecule has 2 amide bonds. The second-order valence-corrected chi connectivity index (χ2v) is 7.98. The van der Waals surface area contributed by atoms with Gasteiger partial charge in [0.15, 0.2) is 23.1 Å². The van der Waals surface area contributed by atoms with Crippen molar-refractivity contribution in [2.24, 2.45) is 0 Å². The molecule has 1 fully saturated rings. The number of aryl methyl sites for hydroxylation is 2. The van der Waals surface area contributed by atoms with Crippen molar-refractivity contribution in [3.63, 3.8) is 0 Å². The molecule has 0 radical (unpaired) electrons. The van der Waals surface area contributed by atoms with E-state index in [2.05, 4.69) is 30.8 Å². The van der Waals surface area contributed by atoms with Gasteiger partial charge < -0.3 is 20.6 Å². The number of anilines is 5. The number of carbonyl (C=O) groups excluding carboxylic acids is 1. The van der Waals surface area contributed by atoms with Crippen molar-refractivity contribution in [3.8, 4) is 0 Å². The number of H-pyrrole nitrogens is 1. The number of aromatic nitrogens is 4. The number of rotatable bonds is 6. The van der Waals surface area contributed by atoms with Gasteiger partial charge in [0.05, 0.1) is 11.9 Å². The molecule has 2 aromatic heterocycles. The molecule has 0 bridgehead atoms. The summed E-state index contributed by atoms with van der Waals surface area (Å²) in [7, 11) is 1.48. The molecule has 172 valence electrons. The summed E-state index contributed by atoms with van der Waals surface area (Å²) < 4.78 is 0. The van der Waals surface area contributed by atoms with Gasteiger partial charge in [-0.3, -0.25) is 14.8 Å². The summed E-state index contributed by atoms with van der Waals surface area (Å²) in [6.45, 7) is 5.09. The minimum absolute atomic E-state index is 0.195. The Labute approximate surface area is 190 Å². The Kier molecular flexibility index (Phi) is 6.11. The smallest absolute Gasteiger partial charge is 0.411 e. The van der Waals surface area contributed by atoms with E-state index in [-0.39, 0.29) is 17.4 Å². The summed E-state index contributed by atoms with van der Waals surface area (Å²) in [4.78, 5) is 36.4. The molecule has 11 nitrogen and oxygen atoms in total. The highest BCUT2D eigenvalue weighted by Gasteiger charge is 2.25. The summed E-state index contributed by atoms with van der Waals surface area (Å²) in [5, 5.41) is 22.6. The van der Waals surface area contributed by atoms with Crippen LogP contribution >= 0.6 is 0 Å². The van der Waals surface area contributed by atoms with Crippen molar-refractivity contribution in [3.05, 3.63) is 47.4 Å². The Morgan fingerprint density at radius 2 is 1.88 bits per heavy atom. The van der Waals surface area contributed by atoms with Gasteiger partial charge in [0.2, 0.25) is 0 Å². The van der Waals surface area contributed by atoms with Crippen LogP contribution in [-0.2, 0) is 0 Å². The molecule has 4 N–H and O–H groups in total. The van der Waals surface area contributed by atoms with Gasteiger partial charge in [0.25, 0.3) is 5.91 Å². The molecular weight excluding hydrogens is 424 g/mol. The topological polar surface area (TPSA) is 139 Å². The van der Waals surface area contributed by atoms with Crippen LogP contribution in [0.4, 0.5) is 33.6 Å². The van der Waals surface area contributed by atoms with Crippen LogP contribution in [0.2, 0.25) is 0 Å². The van der Waals surface area contributed by atoms with Crippen molar-refractivity contribution in [2.45, 2.75) is 26.7 Å². The van der Waals surface area contributed by atoms with Gasteiger partial charge >= 0.3 is 6.09 Å². The number of carbonyl (C=O) groups is 2. The molecule has 0 saturated carbocycles. The fourth-order valence-corrected chi connectivity index (χ4v) is 3.66. The Hall–Kier alpha value is -4.15. The molecule has 3 heterocycles. The molecule has 3 aromatic rings. The Bertz CT molecular complexity index is 1190. The number of amides is 2. The summed E-state index contributed by atoms with van der Waals surface area (Å²) >= 11 is 0. The highest BCUT2D eigenvalue weighted by atomic mass is 16.4. The molecule has 0 atom stereocenters. The third-order valence-electron chi connectivity index (χ3n) is 5.45. The van der Waals surface area contributed by atoms with E-state index in [9.17, 15) is 14.7 Å². The fourth-order valence-electron chi connectivity index (χ4n) is 3.66. The summed E-state index contributed by atoms with van der Waals surface area (Å²) in [5.41, 5.74) is 3.00. The second-order valence-electron chi connectivity index (χ2n) is 7.98. The Balaban J connectivity index is 1.69. The van der Waals surface area contributed by atoms with E-state index in [0.717, 1.165) is 29.0 Å². The molecule has 0 aliphatic carbocycles. The van der Waals surface area contributed by atoms with Crippen molar-refractivity contribution in [1.29, 1.82) is 0 Å². The van der Waals surface area contributed by atoms with Gasteiger partial charge in [-0.1, -0.05) is 6.07 Å². The van der Waals surface area contributed by atoms with Crippen molar-refractivity contribution in [2.75, 3.05) is 35.7 Å². The molecule has 33 heavy (non-hydrogen) atoms. The maximum absolute atomic E-state index is 13.1. The molecule has 0 spiro atoms. The molecule has 1 aromatic carbocycles. The standard InChI is InChI=1S/C22H26N8O3/c1-13-6-7-15(11-16(13)29(3)22(32)33)24-20-19(21(31)30-8-4-5-9-30)23-12-18(26-20)25-17-10-14(2)27-28-17/h6-7,10-12H,4-5,8-9H2,1-3H3,(H,32,33)(H3,24,25,26,27,28). The van der Waals surface area contributed by atoms with Crippen LogP contribution in [0.1, 0.15) is 34.6 Å². The van der Waals surface area contributed by atoms with Gasteiger partial charge in [0, 0.05) is 37.6 Å². The highest BCUT2D eigenvalue weighted by Crippen LogP contribution is 2.28. The number of hydrogen-bond acceptors (Lipinski definition) is 7. The first kappa shape index (κ1) is 22.1. The summed E-state index contributed by atoms with van der Waals surface area (Å²) in [6, 6.07) is 7.14. The predicted octanol–water partition coefficient (Wildman–Crippen LogP) is 3.65. The third kappa shape index (κ3) is 4.86. The predicted molar refractivity (Wildman–Crippen MR) is 125 cm³/mol. The minimum Gasteiger partial charge on any atom is -0.465 e. The Morgan fingerprint density at radius 1 is 1.12 bits per heavy atom. The maximum Gasteiger partial charge on any atom is 0.411 e. The lowest BCUT2D eigenvalue weighted by Crippen LogP contribution is -2.29. The van der Waals surface area contributed by atoms with Crippen molar-refractivity contribution < 1.29 is 14.7 Å². The van der Waals surface area contributed by atoms with Gasteiger partial charge in [-0.2, -0.15) is 5.10 Å². The quantitative estimate of drug-likeness (QED) is 0.446. The van der Waals surface area contributed by atoms with Crippen LogP contribution < -0.4 is 15.5 Å². The zero-order valence-corrected chi connectivity index (χ0v) is 18.7.